The molecule has 2 rings (SSSR count). The maximum absolute atomic E-state index is 12.3. The maximum Gasteiger partial charge on any atom is 0.252 e. The summed E-state index contributed by atoms with van der Waals surface area (Å²) in [6, 6.07) is 10.1. The Kier molecular flexibility index (Phi) is 5.11. The van der Waals surface area contributed by atoms with E-state index in [1.54, 1.807) is 11.8 Å². The van der Waals surface area contributed by atoms with Gasteiger partial charge in [0.15, 0.2) is 0 Å². The normalized spacial score (nSPS) is 20.9. The van der Waals surface area contributed by atoms with E-state index in [9.17, 15) is 9.90 Å². The summed E-state index contributed by atoms with van der Waals surface area (Å²) in [5.74, 6) is 1.72. The predicted molar refractivity (Wildman–Crippen MR) is 84.0 cm³/mol. The van der Waals surface area contributed by atoms with Crippen molar-refractivity contribution in [3.05, 3.63) is 35.9 Å². The first-order valence-electron chi connectivity index (χ1n) is 7.19. The minimum absolute atomic E-state index is 0.00324. The SMILES string of the molecule is CC(NC(=O)C1(O)CCSCC1)C(C)c1ccccc1. The molecular weight excluding hydrogens is 270 g/mol. The van der Waals surface area contributed by atoms with Gasteiger partial charge in [-0.25, -0.2) is 0 Å². The van der Waals surface area contributed by atoms with Crippen LogP contribution >= 0.6 is 11.8 Å². The summed E-state index contributed by atoms with van der Waals surface area (Å²) in [7, 11) is 0. The van der Waals surface area contributed by atoms with E-state index in [1.165, 1.54) is 5.56 Å². The van der Waals surface area contributed by atoms with Gasteiger partial charge >= 0.3 is 0 Å². The summed E-state index contributed by atoms with van der Waals surface area (Å²) in [6.45, 7) is 4.09. The third kappa shape index (κ3) is 3.55. The number of benzene rings is 1. The van der Waals surface area contributed by atoms with Crippen LogP contribution in [-0.4, -0.2) is 34.2 Å². The summed E-state index contributed by atoms with van der Waals surface area (Å²) in [6.07, 6.45) is 1.10. The van der Waals surface area contributed by atoms with Crippen molar-refractivity contribution in [3.63, 3.8) is 0 Å². The Morgan fingerprint density at radius 2 is 1.85 bits per heavy atom. The average molecular weight is 293 g/mol. The Balaban J connectivity index is 1.97. The molecule has 0 aromatic heterocycles. The van der Waals surface area contributed by atoms with Crippen LogP contribution in [0.5, 0.6) is 0 Å². The van der Waals surface area contributed by atoms with Crippen LogP contribution in [0.2, 0.25) is 0 Å². The van der Waals surface area contributed by atoms with E-state index in [4.69, 9.17) is 0 Å². The molecule has 1 aromatic carbocycles. The highest BCUT2D eigenvalue weighted by Crippen LogP contribution is 2.28. The van der Waals surface area contributed by atoms with Crippen LogP contribution in [0.3, 0.4) is 0 Å². The molecular formula is C16H23NO2S. The molecule has 2 unspecified atom stereocenters. The van der Waals surface area contributed by atoms with Crippen LogP contribution < -0.4 is 5.32 Å². The molecule has 0 saturated carbocycles. The van der Waals surface area contributed by atoms with Crippen molar-refractivity contribution in [3.8, 4) is 0 Å². The number of rotatable bonds is 4. The van der Waals surface area contributed by atoms with Crippen LogP contribution in [0, 0.1) is 0 Å². The highest BCUT2D eigenvalue weighted by Gasteiger charge is 2.38. The van der Waals surface area contributed by atoms with Gasteiger partial charge in [-0.15, -0.1) is 0 Å². The number of hydrogen-bond donors (Lipinski definition) is 2. The lowest BCUT2D eigenvalue weighted by atomic mass is 9.91. The number of thioether (sulfide) groups is 1. The van der Waals surface area contributed by atoms with Crippen molar-refractivity contribution in [2.75, 3.05) is 11.5 Å². The zero-order valence-corrected chi connectivity index (χ0v) is 13.0. The van der Waals surface area contributed by atoms with Gasteiger partial charge in [0.05, 0.1) is 0 Å². The van der Waals surface area contributed by atoms with E-state index >= 15 is 0 Å². The second-order valence-electron chi connectivity index (χ2n) is 5.61. The molecule has 0 radical (unpaired) electrons. The van der Waals surface area contributed by atoms with E-state index in [1.807, 2.05) is 25.1 Å². The molecule has 0 bridgehead atoms. The van der Waals surface area contributed by atoms with E-state index in [0.717, 1.165) is 11.5 Å². The molecule has 1 aliphatic heterocycles. The smallest absolute Gasteiger partial charge is 0.252 e. The summed E-state index contributed by atoms with van der Waals surface area (Å²) < 4.78 is 0. The topological polar surface area (TPSA) is 49.3 Å². The summed E-state index contributed by atoms with van der Waals surface area (Å²) >= 11 is 1.80. The fourth-order valence-corrected chi connectivity index (χ4v) is 3.62. The van der Waals surface area contributed by atoms with Crippen molar-refractivity contribution in [2.45, 2.75) is 44.2 Å². The fraction of sp³-hybridized carbons (Fsp3) is 0.562. The van der Waals surface area contributed by atoms with Crippen LogP contribution in [0.1, 0.15) is 38.2 Å². The molecule has 0 spiro atoms. The van der Waals surface area contributed by atoms with Gasteiger partial charge in [-0.3, -0.25) is 4.79 Å². The second kappa shape index (κ2) is 6.64. The lowest BCUT2D eigenvalue weighted by molar-refractivity contribution is -0.141. The first-order chi connectivity index (χ1) is 9.53. The van der Waals surface area contributed by atoms with Crippen molar-refractivity contribution < 1.29 is 9.90 Å². The molecule has 1 aliphatic rings. The summed E-state index contributed by atoms with van der Waals surface area (Å²) in [4.78, 5) is 12.3. The Morgan fingerprint density at radius 3 is 2.45 bits per heavy atom. The molecule has 2 atom stereocenters. The molecule has 4 heteroatoms. The molecule has 1 aromatic rings. The number of carbonyl (C=O) groups excluding carboxylic acids is 1. The van der Waals surface area contributed by atoms with Crippen LogP contribution in [0.25, 0.3) is 0 Å². The van der Waals surface area contributed by atoms with Crippen molar-refractivity contribution >= 4 is 17.7 Å². The molecule has 2 N–H and O–H groups in total. The van der Waals surface area contributed by atoms with Gasteiger partial charge in [0.1, 0.15) is 5.60 Å². The molecule has 3 nitrogen and oxygen atoms in total. The predicted octanol–water partition coefficient (Wildman–Crippen LogP) is 2.55. The minimum atomic E-state index is -1.17. The standard InChI is InChI=1S/C16H23NO2S/c1-12(14-6-4-3-5-7-14)13(2)17-15(18)16(19)8-10-20-11-9-16/h3-7,12-13,19H,8-11H2,1-2H3,(H,17,18). The largest absolute Gasteiger partial charge is 0.380 e. The quantitative estimate of drug-likeness (QED) is 0.897. The van der Waals surface area contributed by atoms with Crippen molar-refractivity contribution in [1.29, 1.82) is 0 Å². The Hall–Kier alpha value is -1.00. The first kappa shape index (κ1) is 15.4. The van der Waals surface area contributed by atoms with Gasteiger partial charge in [-0.05, 0) is 36.8 Å². The Labute approximate surface area is 125 Å². The highest BCUT2D eigenvalue weighted by molar-refractivity contribution is 7.99. The van der Waals surface area contributed by atoms with Gasteiger partial charge in [0.2, 0.25) is 0 Å². The minimum Gasteiger partial charge on any atom is -0.380 e. The average Bonchev–Trinajstić information content (AvgIpc) is 2.48. The third-order valence-corrected chi connectivity index (χ3v) is 5.16. The lowest BCUT2D eigenvalue weighted by Crippen LogP contribution is -2.52. The number of nitrogens with one attached hydrogen (secondary N) is 1. The van der Waals surface area contributed by atoms with E-state index < -0.39 is 5.60 Å². The van der Waals surface area contributed by atoms with Gasteiger partial charge < -0.3 is 10.4 Å². The van der Waals surface area contributed by atoms with Crippen LogP contribution in [-0.2, 0) is 4.79 Å². The molecule has 1 saturated heterocycles. The fourth-order valence-electron chi connectivity index (χ4n) is 2.45. The zero-order valence-electron chi connectivity index (χ0n) is 12.1. The number of aliphatic hydroxyl groups is 1. The lowest BCUT2D eigenvalue weighted by Gasteiger charge is -2.32. The monoisotopic (exact) mass is 293 g/mol. The van der Waals surface area contributed by atoms with E-state index in [0.29, 0.717) is 12.8 Å². The molecule has 110 valence electrons. The molecule has 1 heterocycles. The van der Waals surface area contributed by atoms with E-state index in [-0.39, 0.29) is 17.9 Å². The Morgan fingerprint density at radius 1 is 1.25 bits per heavy atom. The van der Waals surface area contributed by atoms with E-state index in [2.05, 4.69) is 24.4 Å². The van der Waals surface area contributed by atoms with Crippen LogP contribution in [0.4, 0.5) is 0 Å². The molecule has 0 aliphatic carbocycles. The van der Waals surface area contributed by atoms with Crippen molar-refractivity contribution in [2.24, 2.45) is 0 Å². The number of carbonyl (C=O) groups is 1. The summed E-state index contributed by atoms with van der Waals surface area (Å²) in [5, 5.41) is 13.4. The van der Waals surface area contributed by atoms with Gasteiger partial charge in [-0.1, -0.05) is 37.3 Å². The molecule has 20 heavy (non-hydrogen) atoms. The van der Waals surface area contributed by atoms with Gasteiger partial charge in [0.25, 0.3) is 5.91 Å². The Bertz CT molecular complexity index is 443. The first-order valence-corrected chi connectivity index (χ1v) is 8.34. The molecule has 1 fully saturated rings. The molecule has 1 amide bonds. The number of amides is 1. The second-order valence-corrected chi connectivity index (χ2v) is 6.83. The summed E-state index contributed by atoms with van der Waals surface area (Å²) in [5.41, 5.74) is 0.0297. The highest BCUT2D eigenvalue weighted by atomic mass is 32.2. The third-order valence-electron chi connectivity index (χ3n) is 4.18. The maximum atomic E-state index is 12.3. The van der Waals surface area contributed by atoms with Crippen molar-refractivity contribution in [1.82, 2.24) is 5.32 Å². The van der Waals surface area contributed by atoms with Gasteiger partial charge in [-0.2, -0.15) is 11.8 Å². The van der Waals surface area contributed by atoms with Crippen LogP contribution in [0.15, 0.2) is 30.3 Å². The van der Waals surface area contributed by atoms with Gasteiger partial charge in [0, 0.05) is 12.0 Å². The zero-order chi connectivity index (χ0) is 14.6. The number of hydrogen-bond acceptors (Lipinski definition) is 3.